The second kappa shape index (κ2) is 6.68. The highest BCUT2D eigenvalue weighted by Crippen LogP contribution is 2.23. The standard InChI is InChI=1S/C13H25N5O/c1-9(2)6-18(8-12(15)19)13(10(3)14)11-5-16-17(4)7-11/h5,7,9-10,13H,6,8,14H2,1-4H3,(H2,15,19). The molecule has 6 heteroatoms. The highest BCUT2D eigenvalue weighted by molar-refractivity contribution is 5.76. The number of aryl methyl sites for hydroxylation is 1. The van der Waals surface area contributed by atoms with Crippen LogP contribution in [0.4, 0.5) is 0 Å². The molecule has 1 amide bonds. The summed E-state index contributed by atoms with van der Waals surface area (Å²) < 4.78 is 1.74. The van der Waals surface area contributed by atoms with Gasteiger partial charge in [0.15, 0.2) is 0 Å². The third-order valence-electron chi connectivity index (χ3n) is 2.92. The highest BCUT2D eigenvalue weighted by atomic mass is 16.1. The van der Waals surface area contributed by atoms with Gasteiger partial charge in [-0.1, -0.05) is 13.8 Å². The fourth-order valence-corrected chi connectivity index (χ4v) is 2.39. The maximum absolute atomic E-state index is 11.3. The molecule has 2 atom stereocenters. The Balaban J connectivity index is 3.00. The smallest absolute Gasteiger partial charge is 0.231 e. The number of nitrogens with zero attached hydrogens (tertiary/aromatic N) is 3. The van der Waals surface area contributed by atoms with Crippen LogP contribution in [0.15, 0.2) is 12.4 Å². The number of hydrogen-bond donors (Lipinski definition) is 2. The Morgan fingerprint density at radius 1 is 1.47 bits per heavy atom. The molecule has 0 fully saturated rings. The van der Waals surface area contributed by atoms with Crippen molar-refractivity contribution in [2.45, 2.75) is 32.9 Å². The summed E-state index contributed by atoms with van der Waals surface area (Å²) in [6.07, 6.45) is 3.73. The van der Waals surface area contributed by atoms with Crippen LogP contribution in [0, 0.1) is 5.92 Å². The largest absolute Gasteiger partial charge is 0.369 e. The Morgan fingerprint density at radius 2 is 2.11 bits per heavy atom. The number of rotatable bonds is 7. The van der Waals surface area contributed by atoms with Crippen LogP contribution < -0.4 is 11.5 Å². The van der Waals surface area contributed by atoms with Gasteiger partial charge < -0.3 is 11.5 Å². The van der Waals surface area contributed by atoms with Crippen LogP contribution in [-0.4, -0.2) is 39.7 Å². The Kier molecular flexibility index (Phi) is 5.50. The molecule has 0 aliphatic rings. The van der Waals surface area contributed by atoms with E-state index in [9.17, 15) is 4.79 Å². The lowest BCUT2D eigenvalue weighted by atomic mass is 10.0. The summed E-state index contributed by atoms with van der Waals surface area (Å²) >= 11 is 0. The van der Waals surface area contributed by atoms with E-state index >= 15 is 0 Å². The van der Waals surface area contributed by atoms with E-state index in [0.29, 0.717) is 5.92 Å². The molecule has 6 nitrogen and oxygen atoms in total. The van der Waals surface area contributed by atoms with Gasteiger partial charge in [-0.2, -0.15) is 5.10 Å². The molecule has 0 aliphatic carbocycles. The first-order valence-corrected chi connectivity index (χ1v) is 6.57. The molecular formula is C13H25N5O. The average molecular weight is 267 g/mol. The zero-order valence-electron chi connectivity index (χ0n) is 12.2. The topological polar surface area (TPSA) is 90.2 Å². The summed E-state index contributed by atoms with van der Waals surface area (Å²) in [5.74, 6) is 0.0902. The van der Waals surface area contributed by atoms with Crippen LogP contribution in [0.2, 0.25) is 0 Å². The second-order valence-corrected chi connectivity index (χ2v) is 5.54. The molecule has 108 valence electrons. The molecule has 1 aromatic rings. The van der Waals surface area contributed by atoms with E-state index in [2.05, 4.69) is 18.9 Å². The third-order valence-corrected chi connectivity index (χ3v) is 2.92. The molecular weight excluding hydrogens is 242 g/mol. The van der Waals surface area contributed by atoms with E-state index in [1.807, 2.05) is 25.1 Å². The van der Waals surface area contributed by atoms with E-state index in [1.165, 1.54) is 0 Å². The van der Waals surface area contributed by atoms with E-state index in [4.69, 9.17) is 11.5 Å². The van der Waals surface area contributed by atoms with Crippen molar-refractivity contribution >= 4 is 5.91 Å². The average Bonchev–Trinajstić information content (AvgIpc) is 2.62. The minimum atomic E-state index is -0.338. The molecule has 19 heavy (non-hydrogen) atoms. The fourth-order valence-electron chi connectivity index (χ4n) is 2.39. The van der Waals surface area contributed by atoms with Gasteiger partial charge in [-0.15, -0.1) is 0 Å². The van der Waals surface area contributed by atoms with Crippen LogP contribution in [0.5, 0.6) is 0 Å². The zero-order chi connectivity index (χ0) is 14.6. The lowest BCUT2D eigenvalue weighted by Crippen LogP contribution is -2.45. The quantitative estimate of drug-likeness (QED) is 0.741. The van der Waals surface area contributed by atoms with Crippen LogP contribution in [0.3, 0.4) is 0 Å². The Hall–Kier alpha value is -1.40. The summed E-state index contributed by atoms with van der Waals surface area (Å²) in [7, 11) is 1.86. The van der Waals surface area contributed by atoms with Crippen molar-refractivity contribution in [3.63, 3.8) is 0 Å². The Bertz CT molecular complexity index is 413. The molecule has 0 saturated heterocycles. The van der Waals surface area contributed by atoms with Gasteiger partial charge in [0.2, 0.25) is 5.91 Å². The van der Waals surface area contributed by atoms with E-state index in [1.54, 1.807) is 10.9 Å². The van der Waals surface area contributed by atoms with Gasteiger partial charge in [-0.3, -0.25) is 14.4 Å². The lowest BCUT2D eigenvalue weighted by Gasteiger charge is -2.34. The predicted octanol–water partition coefficient (Wildman–Crippen LogP) is 0.252. The third kappa shape index (κ3) is 4.65. The number of nitrogens with two attached hydrogens (primary N) is 2. The summed E-state index contributed by atoms with van der Waals surface area (Å²) in [6.45, 7) is 7.13. The predicted molar refractivity (Wildman–Crippen MR) is 75.2 cm³/mol. The molecule has 0 bridgehead atoms. The molecule has 0 radical (unpaired) electrons. The Morgan fingerprint density at radius 3 is 2.47 bits per heavy atom. The van der Waals surface area contributed by atoms with Crippen LogP contribution in [0.25, 0.3) is 0 Å². The highest BCUT2D eigenvalue weighted by Gasteiger charge is 2.26. The summed E-state index contributed by atoms with van der Waals surface area (Å²) in [5.41, 5.74) is 12.5. The van der Waals surface area contributed by atoms with Gasteiger partial charge in [0.25, 0.3) is 0 Å². The minimum Gasteiger partial charge on any atom is -0.369 e. The number of carbonyl (C=O) groups excluding carboxylic acids is 1. The summed E-state index contributed by atoms with van der Waals surface area (Å²) in [6, 6.07) is -0.161. The maximum atomic E-state index is 11.3. The zero-order valence-corrected chi connectivity index (χ0v) is 12.2. The lowest BCUT2D eigenvalue weighted by molar-refractivity contribution is -0.120. The molecule has 0 aliphatic heterocycles. The van der Waals surface area contributed by atoms with Gasteiger partial charge >= 0.3 is 0 Å². The number of carbonyl (C=O) groups is 1. The summed E-state index contributed by atoms with van der Waals surface area (Å²) in [5, 5.41) is 4.18. The molecule has 1 heterocycles. The molecule has 0 saturated carbocycles. The van der Waals surface area contributed by atoms with Crippen LogP contribution >= 0.6 is 0 Å². The van der Waals surface area contributed by atoms with Gasteiger partial charge in [0, 0.05) is 31.4 Å². The van der Waals surface area contributed by atoms with E-state index < -0.39 is 0 Å². The van der Waals surface area contributed by atoms with Gasteiger partial charge in [0.05, 0.1) is 18.8 Å². The normalized spacial score (nSPS) is 14.9. The van der Waals surface area contributed by atoms with Crippen LogP contribution in [-0.2, 0) is 11.8 Å². The van der Waals surface area contributed by atoms with Gasteiger partial charge in [0.1, 0.15) is 0 Å². The Labute approximate surface area is 114 Å². The SMILES string of the molecule is CC(C)CN(CC(N)=O)C(c1cnn(C)c1)C(C)N. The van der Waals surface area contributed by atoms with Gasteiger partial charge in [-0.25, -0.2) is 0 Å². The molecule has 1 aromatic heterocycles. The first kappa shape index (κ1) is 15.7. The van der Waals surface area contributed by atoms with Gasteiger partial charge in [-0.05, 0) is 12.8 Å². The first-order chi connectivity index (χ1) is 8.81. The fraction of sp³-hybridized carbons (Fsp3) is 0.692. The first-order valence-electron chi connectivity index (χ1n) is 6.57. The number of aromatic nitrogens is 2. The van der Waals surface area contributed by atoms with Crippen molar-refractivity contribution in [1.29, 1.82) is 0 Å². The van der Waals surface area contributed by atoms with Crippen molar-refractivity contribution in [3.8, 4) is 0 Å². The minimum absolute atomic E-state index is 0.0522. The molecule has 0 spiro atoms. The number of primary amides is 1. The maximum Gasteiger partial charge on any atom is 0.231 e. The van der Waals surface area contributed by atoms with Crippen molar-refractivity contribution in [1.82, 2.24) is 14.7 Å². The molecule has 2 unspecified atom stereocenters. The molecule has 1 rings (SSSR count). The van der Waals surface area contributed by atoms with E-state index in [-0.39, 0.29) is 24.5 Å². The monoisotopic (exact) mass is 267 g/mol. The van der Waals surface area contributed by atoms with E-state index in [0.717, 1.165) is 12.1 Å². The van der Waals surface area contributed by atoms with Crippen molar-refractivity contribution in [3.05, 3.63) is 18.0 Å². The van der Waals surface area contributed by atoms with Crippen molar-refractivity contribution in [2.75, 3.05) is 13.1 Å². The summed E-state index contributed by atoms with van der Waals surface area (Å²) in [4.78, 5) is 13.3. The number of amides is 1. The van der Waals surface area contributed by atoms with Crippen molar-refractivity contribution < 1.29 is 4.79 Å². The second-order valence-electron chi connectivity index (χ2n) is 5.54. The van der Waals surface area contributed by atoms with Crippen LogP contribution in [0.1, 0.15) is 32.4 Å². The van der Waals surface area contributed by atoms with Crippen molar-refractivity contribution in [2.24, 2.45) is 24.4 Å². The molecule has 4 N–H and O–H groups in total. The molecule has 0 aromatic carbocycles. The number of hydrogen-bond acceptors (Lipinski definition) is 4.